The molecule has 0 radical (unpaired) electrons. The number of aryl methyl sites for hydroxylation is 1. The van der Waals surface area contributed by atoms with Crippen LogP contribution in [-0.2, 0) is 11.3 Å². The Morgan fingerprint density at radius 2 is 1.76 bits per heavy atom. The van der Waals surface area contributed by atoms with Crippen molar-refractivity contribution in [2.75, 3.05) is 0 Å². The van der Waals surface area contributed by atoms with E-state index in [2.05, 4.69) is 54.7 Å². The average Bonchev–Trinajstić information content (AvgIpc) is 2.52. The molecule has 0 aliphatic carbocycles. The van der Waals surface area contributed by atoms with Gasteiger partial charge in [0.15, 0.2) is 0 Å². The fourth-order valence-electron chi connectivity index (χ4n) is 2.23. The van der Waals surface area contributed by atoms with Gasteiger partial charge in [0.1, 0.15) is 0 Å². The van der Waals surface area contributed by atoms with Crippen LogP contribution in [0.2, 0.25) is 0 Å². The number of amides is 1. The zero-order chi connectivity index (χ0) is 15.2. The third kappa shape index (κ3) is 4.19. The molecular weight excluding hydrogens is 258 g/mol. The third-order valence-electron chi connectivity index (χ3n) is 3.81. The summed E-state index contributed by atoms with van der Waals surface area (Å²) >= 11 is 0. The van der Waals surface area contributed by atoms with Gasteiger partial charge in [0.05, 0.1) is 0 Å². The van der Waals surface area contributed by atoms with Gasteiger partial charge < -0.3 is 5.32 Å². The summed E-state index contributed by atoms with van der Waals surface area (Å²) in [6.07, 6.45) is 0.870. The molecule has 0 saturated carbocycles. The summed E-state index contributed by atoms with van der Waals surface area (Å²) in [5, 5.41) is 3.00. The first kappa shape index (κ1) is 15.3. The second kappa shape index (κ2) is 7.07. The highest BCUT2D eigenvalue weighted by Gasteiger charge is 2.09. The SMILES string of the molecule is CCC(C)C(=O)NCc1cccc(-c2cccc(C)c2)c1. The molecule has 1 amide bonds. The van der Waals surface area contributed by atoms with Crippen molar-refractivity contribution in [1.29, 1.82) is 0 Å². The molecule has 0 fully saturated rings. The molecule has 0 aliphatic heterocycles. The summed E-state index contributed by atoms with van der Waals surface area (Å²) in [6, 6.07) is 16.8. The Hall–Kier alpha value is -2.09. The maximum absolute atomic E-state index is 11.8. The first-order valence-corrected chi connectivity index (χ1v) is 7.54. The zero-order valence-electron chi connectivity index (χ0n) is 13.0. The molecule has 110 valence electrons. The van der Waals surface area contributed by atoms with Gasteiger partial charge in [-0.25, -0.2) is 0 Å². The predicted octanol–water partition coefficient (Wildman–Crippen LogP) is 4.32. The van der Waals surface area contributed by atoms with Crippen LogP contribution in [0, 0.1) is 12.8 Å². The zero-order valence-corrected chi connectivity index (χ0v) is 13.0. The van der Waals surface area contributed by atoms with E-state index in [1.165, 1.54) is 16.7 Å². The van der Waals surface area contributed by atoms with Crippen LogP contribution >= 0.6 is 0 Å². The largest absolute Gasteiger partial charge is 0.352 e. The Morgan fingerprint density at radius 3 is 2.43 bits per heavy atom. The van der Waals surface area contributed by atoms with Crippen LogP contribution in [0.1, 0.15) is 31.4 Å². The molecule has 0 spiro atoms. The number of nitrogens with one attached hydrogen (secondary N) is 1. The topological polar surface area (TPSA) is 29.1 Å². The summed E-state index contributed by atoms with van der Waals surface area (Å²) in [5.74, 6) is 0.198. The van der Waals surface area contributed by atoms with Crippen molar-refractivity contribution in [1.82, 2.24) is 5.32 Å². The molecule has 0 aromatic heterocycles. The molecule has 2 rings (SSSR count). The number of benzene rings is 2. The van der Waals surface area contributed by atoms with Crippen LogP contribution in [0.4, 0.5) is 0 Å². The first-order valence-electron chi connectivity index (χ1n) is 7.54. The lowest BCUT2D eigenvalue weighted by Gasteiger charge is -2.11. The summed E-state index contributed by atoms with van der Waals surface area (Å²) in [7, 11) is 0. The van der Waals surface area contributed by atoms with Crippen molar-refractivity contribution in [3.8, 4) is 11.1 Å². The quantitative estimate of drug-likeness (QED) is 0.868. The molecule has 2 nitrogen and oxygen atoms in total. The molecule has 21 heavy (non-hydrogen) atoms. The summed E-state index contributed by atoms with van der Waals surface area (Å²) in [4.78, 5) is 11.8. The van der Waals surface area contributed by atoms with E-state index >= 15 is 0 Å². The second-order valence-corrected chi connectivity index (χ2v) is 5.60. The third-order valence-corrected chi connectivity index (χ3v) is 3.81. The van der Waals surface area contributed by atoms with Gasteiger partial charge in [-0.05, 0) is 36.1 Å². The molecule has 1 unspecified atom stereocenters. The maximum Gasteiger partial charge on any atom is 0.223 e. The Bertz CT molecular complexity index is 618. The first-order chi connectivity index (χ1) is 10.1. The lowest BCUT2D eigenvalue weighted by Crippen LogP contribution is -2.28. The van der Waals surface area contributed by atoms with E-state index < -0.39 is 0 Å². The highest BCUT2D eigenvalue weighted by Crippen LogP contribution is 2.21. The van der Waals surface area contributed by atoms with Gasteiger partial charge in [0.25, 0.3) is 0 Å². The van der Waals surface area contributed by atoms with Crippen molar-refractivity contribution >= 4 is 5.91 Å². The van der Waals surface area contributed by atoms with Crippen molar-refractivity contribution in [2.24, 2.45) is 5.92 Å². The molecule has 2 aromatic carbocycles. The van der Waals surface area contributed by atoms with Gasteiger partial charge in [-0.15, -0.1) is 0 Å². The molecular formula is C19H23NO. The molecule has 0 heterocycles. The molecule has 0 aliphatic rings. The lowest BCUT2D eigenvalue weighted by atomic mass is 10.0. The number of hydrogen-bond acceptors (Lipinski definition) is 1. The Morgan fingerprint density at radius 1 is 1.10 bits per heavy atom. The minimum atomic E-state index is 0.0740. The summed E-state index contributed by atoms with van der Waals surface area (Å²) < 4.78 is 0. The van der Waals surface area contributed by atoms with E-state index in [1.54, 1.807) is 0 Å². The second-order valence-electron chi connectivity index (χ2n) is 5.60. The standard InChI is InChI=1S/C19H23NO/c1-4-15(3)19(21)20-13-16-8-6-10-18(12-16)17-9-5-7-14(2)11-17/h5-12,15H,4,13H2,1-3H3,(H,20,21). The Labute approximate surface area is 127 Å². The van der Waals surface area contributed by atoms with Crippen LogP contribution in [0.3, 0.4) is 0 Å². The summed E-state index contributed by atoms with van der Waals surface area (Å²) in [5.41, 5.74) is 4.78. The maximum atomic E-state index is 11.8. The average molecular weight is 281 g/mol. The number of carbonyl (C=O) groups excluding carboxylic acids is 1. The van der Waals surface area contributed by atoms with E-state index in [0.29, 0.717) is 6.54 Å². The smallest absolute Gasteiger partial charge is 0.223 e. The van der Waals surface area contributed by atoms with Gasteiger partial charge >= 0.3 is 0 Å². The van der Waals surface area contributed by atoms with Crippen LogP contribution in [0.15, 0.2) is 48.5 Å². The van der Waals surface area contributed by atoms with Crippen molar-refractivity contribution in [2.45, 2.75) is 33.7 Å². The Balaban J connectivity index is 2.10. The van der Waals surface area contributed by atoms with E-state index in [9.17, 15) is 4.79 Å². The van der Waals surface area contributed by atoms with E-state index in [-0.39, 0.29) is 11.8 Å². The highest BCUT2D eigenvalue weighted by atomic mass is 16.1. The minimum Gasteiger partial charge on any atom is -0.352 e. The van der Waals surface area contributed by atoms with Crippen LogP contribution in [-0.4, -0.2) is 5.91 Å². The van der Waals surface area contributed by atoms with Crippen LogP contribution in [0.5, 0.6) is 0 Å². The van der Waals surface area contributed by atoms with Gasteiger partial charge in [-0.3, -0.25) is 4.79 Å². The normalized spacial score (nSPS) is 12.0. The monoisotopic (exact) mass is 281 g/mol. The fraction of sp³-hybridized carbons (Fsp3) is 0.316. The van der Waals surface area contributed by atoms with E-state index in [4.69, 9.17) is 0 Å². The number of carbonyl (C=O) groups is 1. The molecule has 1 N–H and O–H groups in total. The van der Waals surface area contributed by atoms with Crippen molar-refractivity contribution in [3.63, 3.8) is 0 Å². The van der Waals surface area contributed by atoms with Gasteiger partial charge in [0.2, 0.25) is 5.91 Å². The highest BCUT2D eigenvalue weighted by molar-refractivity contribution is 5.78. The molecule has 0 saturated heterocycles. The fourth-order valence-corrected chi connectivity index (χ4v) is 2.23. The molecule has 2 heteroatoms. The number of rotatable bonds is 5. The van der Waals surface area contributed by atoms with Crippen molar-refractivity contribution < 1.29 is 4.79 Å². The summed E-state index contributed by atoms with van der Waals surface area (Å²) in [6.45, 7) is 6.67. The molecule has 1 atom stereocenters. The minimum absolute atomic E-state index is 0.0740. The molecule has 0 bridgehead atoms. The predicted molar refractivity (Wildman–Crippen MR) is 87.9 cm³/mol. The van der Waals surface area contributed by atoms with E-state index in [0.717, 1.165) is 12.0 Å². The van der Waals surface area contributed by atoms with Crippen molar-refractivity contribution in [3.05, 3.63) is 59.7 Å². The van der Waals surface area contributed by atoms with E-state index in [1.807, 2.05) is 19.9 Å². The van der Waals surface area contributed by atoms with Crippen LogP contribution < -0.4 is 5.32 Å². The van der Waals surface area contributed by atoms with Gasteiger partial charge in [-0.2, -0.15) is 0 Å². The lowest BCUT2D eigenvalue weighted by molar-refractivity contribution is -0.124. The Kier molecular flexibility index (Phi) is 5.15. The van der Waals surface area contributed by atoms with Gasteiger partial charge in [0, 0.05) is 12.5 Å². The number of hydrogen-bond donors (Lipinski definition) is 1. The van der Waals surface area contributed by atoms with Gasteiger partial charge in [-0.1, -0.05) is 61.9 Å². The molecule has 2 aromatic rings. The van der Waals surface area contributed by atoms with Crippen LogP contribution in [0.25, 0.3) is 11.1 Å².